The number of anilines is 1. The first-order chi connectivity index (χ1) is 15.6. The largest absolute Gasteiger partial charge is 0.368 e. The van der Waals surface area contributed by atoms with Gasteiger partial charge in [0.15, 0.2) is 0 Å². The molecule has 0 N–H and O–H groups in total. The fourth-order valence-electron chi connectivity index (χ4n) is 5.06. The number of piperidine rings is 1. The van der Waals surface area contributed by atoms with Crippen LogP contribution < -0.4 is 4.90 Å². The maximum atomic E-state index is 12.8. The number of pyridine rings is 1. The van der Waals surface area contributed by atoms with E-state index in [1.54, 1.807) is 0 Å². The number of rotatable bonds is 4. The van der Waals surface area contributed by atoms with Gasteiger partial charge in [0, 0.05) is 49.3 Å². The molecule has 32 heavy (non-hydrogen) atoms. The lowest BCUT2D eigenvalue weighted by Crippen LogP contribution is -2.51. The van der Waals surface area contributed by atoms with Crippen molar-refractivity contribution in [3.05, 3.63) is 53.9 Å². The molecule has 2 saturated heterocycles. The average Bonchev–Trinajstić information content (AvgIpc) is 3.16. The third-order valence-electron chi connectivity index (χ3n) is 7.05. The lowest BCUT2D eigenvalue weighted by molar-refractivity contribution is -0.132. The van der Waals surface area contributed by atoms with Gasteiger partial charge in [-0.2, -0.15) is 0 Å². The minimum Gasteiger partial charge on any atom is -0.368 e. The van der Waals surface area contributed by atoms with E-state index in [0.717, 1.165) is 56.3 Å². The van der Waals surface area contributed by atoms with E-state index in [9.17, 15) is 4.79 Å². The van der Waals surface area contributed by atoms with E-state index in [0.29, 0.717) is 6.54 Å². The van der Waals surface area contributed by atoms with Crippen LogP contribution in [0.3, 0.4) is 0 Å². The van der Waals surface area contributed by atoms with Gasteiger partial charge in [0.1, 0.15) is 5.65 Å². The van der Waals surface area contributed by atoms with Crippen LogP contribution in [0, 0.1) is 13.8 Å². The number of fused-ring (bicyclic) bond motifs is 1. The van der Waals surface area contributed by atoms with Crippen molar-refractivity contribution in [1.29, 1.82) is 0 Å². The number of carbonyl (C=O) groups is 1. The summed E-state index contributed by atoms with van der Waals surface area (Å²) in [7, 11) is 0. The quantitative estimate of drug-likeness (QED) is 0.631. The molecule has 1 amide bonds. The molecule has 2 aromatic heterocycles. The number of likely N-dealkylation sites (tertiary alicyclic amines) is 1. The maximum Gasteiger partial charge on any atom is 0.236 e. The molecular weight excluding hydrogens is 398 g/mol. The Hall–Kier alpha value is -2.86. The predicted molar refractivity (Wildman–Crippen MR) is 129 cm³/mol. The standard InChI is InChI=1S/C26H33N5O/c1-20-9-10-22(18-23(20)26-21(2)31-13-7-4-8-24(31)27-26)29-14-16-30(17-15-29)25(32)19-28-11-5-3-6-12-28/h4,7-10,13,18H,3,5-6,11-12,14-17,19H2,1-2H3. The van der Waals surface area contributed by atoms with Gasteiger partial charge >= 0.3 is 0 Å². The number of imidazole rings is 1. The molecule has 0 bridgehead atoms. The minimum atomic E-state index is 0.288. The topological polar surface area (TPSA) is 44.1 Å². The van der Waals surface area contributed by atoms with Gasteiger partial charge < -0.3 is 14.2 Å². The molecule has 1 aromatic carbocycles. The molecule has 0 atom stereocenters. The normalized spacial score (nSPS) is 17.8. The summed E-state index contributed by atoms with van der Waals surface area (Å²) in [5.41, 5.74) is 6.82. The molecule has 2 fully saturated rings. The van der Waals surface area contributed by atoms with Crippen LogP contribution in [0.5, 0.6) is 0 Å². The second-order valence-electron chi connectivity index (χ2n) is 9.18. The molecule has 168 valence electrons. The molecule has 3 aromatic rings. The highest BCUT2D eigenvalue weighted by Crippen LogP contribution is 2.31. The number of carbonyl (C=O) groups excluding carboxylic acids is 1. The Morgan fingerprint density at radius 3 is 2.47 bits per heavy atom. The molecule has 5 rings (SSSR count). The summed E-state index contributed by atoms with van der Waals surface area (Å²) in [6, 6.07) is 12.8. The molecule has 0 radical (unpaired) electrons. The second-order valence-corrected chi connectivity index (χ2v) is 9.18. The van der Waals surface area contributed by atoms with E-state index < -0.39 is 0 Å². The maximum absolute atomic E-state index is 12.8. The molecular formula is C26H33N5O. The van der Waals surface area contributed by atoms with Crippen LogP contribution in [-0.2, 0) is 4.79 Å². The Kier molecular flexibility index (Phi) is 5.87. The number of aryl methyl sites for hydroxylation is 2. The van der Waals surface area contributed by atoms with Crippen molar-refractivity contribution >= 4 is 17.2 Å². The summed E-state index contributed by atoms with van der Waals surface area (Å²) in [5.74, 6) is 0.288. The summed E-state index contributed by atoms with van der Waals surface area (Å²) in [4.78, 5) is 24.4. The monoisotopic (exact) mass is 431 g/mol. The number of amides is 1. The van der Waals surface area contributed by atoms with Gasteiger partial charge in [0.2, 0.25) is 5.91 Å². The Balaban J connectivity index is 1.29. The Morgan fingerprint density at radius 2 is 1.72 bits per heavy atom. The van der Waals surface area contributed by atoms with Gasteiger partial charge in [-0.1, -0.05) is 18.6 Å². The lowest BCUT2D eigenvalue weighted by Gasteiger charge is -2.37. The molecule has 6 heteroatoms. The summed E-state index contributed by atoms with van der Waals surface area (Å²) in [6.07, 6.45) is 5.82. The first kappa shape index (κ1) is 21.0. The highest BCUT2D eigenvalue weighted by molar-refractivity contribution is 5.79. The van der Waals surface area contributed by atoms with E-state index in [1.807, 2.05) is 17.0 Å². The number of piperazine rings is 1. The number of hydrogen-bond acceptors (Lipinski definition) is 4. The van der Waals surface area contributed by atoms with E-state index >= 15 is 0 Å². The zero-order valence-electron chi connectivity index (χ0n) is 19.3. The third-order valence-corrected chi connectivity index (χ3v) is 7.05. The van der Waals surface area contributed by atoms with E-state index in [2.05, 4.69) is 58.5 Å². The van der Waals surface area contributed by atoms with Gasteiger partial charge in [-0.15, -0.1) is 0 Å². The summed E-state index contributed by atoms with van der Waals surface area (Å²) in [6.45, 7) is 10.3. The van der Waals surface area contributed by atoms with Crippen molar-refractivity contribution < 1.29 is 4.79 Å². The molecule has 2 aliphatic rings. The second kappa shape index (κ2) is 8.94. The Bertz CT molecular complexity index is 1110. The molecule has 4 heterocycles. The fraction of sp³-hybridized carbons (Fsp3) is 0.462. The van der Waals surface area contributed by atoms with Crippen LogP contribution >= 0.6 is 0 Å². The van der Waals surface area contributed by atoms with E-state index in [-0.39, 0.29) is 5.91 Å². The molecule has 0 aliphatic carbocycles. The molecule has 2 aliphatic heterocycles. The van der Waals surface area contributed by atoms with Crippen LogP contribution in [0.1, 0.15) is 30.5 Å². The molecule has 6 nitrogen and oxygen atoms in total. The number of nitrogens with zero attached hydrogens (tertiary/aromatic N) is 5. The zero-order chi connectivity index (χ0) is 22.1. The van der Waals surface area contributed by atoms with Crippen molar-refractivity contribution in [3.8, 4) is 11.3 Å². The van der Waals surface area contributed by atoms with Gasteiger partial charge in [-0.25, -0.2) is 4.98 Å². The summed E-state index contributed by atoms with van der Waals surface area (Å²) in [5, 5.41) is 0. The van der Waals surface area contributed by atoms with Crippen LogP contribution in [0.2, 0.25) is 0 Å². The first-order valence-electron chi connectivity index (χ1n) is 11.9. The highest BCUT2D eigenvalue weighted by Gasteiger charge is 2.24. The van der Waals surface area contributed by atoms with Crippen LogP contribution in [0.25, 0.3) is 16.9 Å². The van der Waals surface area contributed by atoms with Crippen molar-refractivity contribution in [3.63, 3.8) is 0 Å². The number of aromatic nitrogens is 2. The number of hydrogen-bond donors (Lipinski definition) is 0. The van der Waals surface area contributed by atoms with Crippen molar-refractivity contribution in [1.82, 2.24) is 19.2 Å². The molecule has 0 spiro atoms. The first-order valence-corrected chi connectivity index (χ1v) is 11.9. The summed E-state index contributed by atoms with van der Waals surface area (Å²) < 4.78 is 2.15. The third kappa shape index (κ3) is 4.11. The van der Waals surface area contributed by atoms with Crippen LogP contribution in [-0.4, -0.2) is 70.9 Å². The van der Waals surface area contributed by atoms with Crippen molar-refractivity contribution in [2.75, 3.05) is 50.7 Å². The average molecular weight is 432 g/mol. The van der Waals surface area contributed by atoms with Gasteiger partial charge in [-0.05, 0) is 69.6 Å². The molecule has 0 saturated carbocycles. The highest BCUT2D eigenvalue weighted by atomic mass is 16.2. The Labute approximate surface area is 190 Å². The van der Waals surface area contributed by atoms with Gasteiger partial charge in [0.25, 0.3) is 0 Å². The van der Waals surface area contributed by atoms with E-state index in [1.165, 1.54) is 36.1 Å². The SMILES string of the molecule is Cc1ccc(N2CCN(C(=O)CN3CCCCC3)CC2)cc1-c1nc2ccccn2c1C. The lowest BCUT2D eigenvalue weighted by atomic mass is 10.0. The zero-order valence-corrected chi connectivity index (χ0v) is 19.3. The smallest absolute Gasteiger partial charge is 0.236 e. The molecule has 0 unspecified atom stereocenters. The van der Waals surface area contributed by atoms with Crippen molar-refractivity contribution in [2.45, 2.75) is 33.1 Å². The predicted octanol–water partition coefficient (Wildman–Crippen LogP) is 3.75. The number of benzene rings is 1. The Morgan fingerprint density at radius 1 is 0.938 bits per heavy atom. The van der Waals surface area contributed by atoms with Gasteiger partial charge in [0.05, 0.1) is 12.2 Å². The van der Waals surface area contributed by atoms with Crippen LogP contribution in [0.15, 0.2) is 42.6 Å². The van der Waals surface area contributed by atoms with E-state index in [4.69, 9.17) is 4.98 Å². The minimum absolute atomic E-state index is 0.288. The van der Waals surface area contributed by atoms with Crippen LogP contribution in [0.4, 0.5) is 5.69 Å². The summed E-state index contributed by atoms with van der Waals surface area (Å²) >= 11 is 0. The van der Waals surface area contributed by atoms with Gasteiger partial charge in [-0.3, -0.25) is 9.69 Å². The van der Waals surface area contributed by atoms with Crippen molar-refractivity contribution in [2.24, 2.45) is 0 Å². The fourth-order valence-corrected chi connectivity index (χ4v) is 5.06.